The van der Waals surface area contributed by atoms with E-state index in [0.717, 1.165) is 0 Å². The average molecular weight is 165 g/mol. The van der Waals surface area contributed by atoms with E-state index in [4.69, 9.17) is 5.11 Å². The van der Waals surface area contributed by atoms with Gasteiger partial charge in [-0.15, -0.1) is 0 Å². The highest BCUT2D eigenvalue weighted by Gasteiger charge is 2.01. The molecule has 0 aliphatic carbocycles. The topological polar surface area (TPSA) is 49.3 Å². The van der Waals surface area contributed by atoms with Crippen LogP contribution in [0.25, 0.3) is 0 Å². The molecule has 62 valence electrons. The third-order valence-corrected chi connectivity index (χ3v) is 2.06. The number of hydrogen-bond donors (Lipinski definition) is 2. The molecule has 4 heteroatoms. The fraction of sp³-hybridized carbons (Fsp3) is 1.00. The molecule has 0 aromatic heterocycles. The molecule has 0 aliphatic rings. The van der Waals surface area contributed by atoms with Crippen molar-refractivity contribution < 1.29 is 9.32 Å². The Hall–Kier alpha value is 0.0700. The van der Waals surface area contributed by atoms with Crippen molar-refractivity contribution in [3.8, 4) is 0 Å². The van der Waals surface area contributed by atoms with Crippen LogP contribution in [-0.4, -0.2) is 40.5 Å². The summed E-state index contributed by atoms with van der Waals surface area (Å²) in [5.41, 5.74) is 0. The number of nitrogens with one attached hydrogen (secondary N) is 1. The molecule has 0 aromatic carbocycles. The molecule has 0 fully saturated rings. The van der Waals surface area contributed by atoms with Crippen LogP contribution in [0.5, 0.6) is 0 Å². The maximum Gasteiger partial charge on any atom is 0.0556 e. The Morgan fingerprint density at radius 3 is 2.70 bits per heavy atom. The summed E-state index contributed by atoms with van der Waals surface area (Å²) in [7, 11) is -0.743. The predicted octanol–water partition coefficient (Wildman–Crippen LogP) is -0.665. The Balaban J connectivity index is 3.25. The minimum atomic E-state index is -0.743. The van der Waals surface area contributed by atoms with Gasteiger partial charge in [0.15, 0.2) is 0 Å². The lowest BCUT2D eigenvalue weighted by atomic mass is 10.4. The second-order valence-electron chi connectivity index (χ2n) is 2.32. The second-order valence-corrected chi connectivity index (χ2v) is 3.80. The van der Waals surface area contributed by atoms with Gasteiger partial charge < -0.3 is 10.4 Å². The number of hydrogen-bond acceptors (Lipinski definition) is 3. The maximum absolute atomic E-state index is 10.6. The van der Waals surface area contributed by atoms with Crippen LogP contribution in [0.3, 0.4) is 0 Å². The van der Waals surface area contributed by atoms with Gasteiger partial charge in [-0.3, -0.25) is 4.21 Å². The summed E-state index contributed by atoms with van der Waals surface area (Å²) in [4.78, 5) is 0. The lowest BCUT2D eigenvalue weighted by Gasteiger charge is -2.09. The van der Waals surface area contributed by atoms with E-state index in [1.807, 2.05) is 6.92 Å². The third kappa shape index (κ3) is 6.19. The van der Waals surface area contributed by atoms with E-state index in [2.05, 4.69) is 5.32 Å². The predicted molar refractivity (Wildman–Crippen MR) is 43.5 cm³/mol. The van der Waals surface area contributed by atoms with Gasteiger partial charge in [0.05, 0.1) is 6.61 Å². The SMILES string of the molecule is CC(CS(C)=O)NCCO. The summed E-state index contributed by atoms with van der Waals surface area (Å²) in [5.74, 6) is 0.653. The van der Waals surface area contributed by atoms with Gasteiger partial charge in [-0.2, -0.15) is 0 Å². The van der Waals surface area contributed by atoms with Crippen LogP contribution in [0, 0.1) is 0 Å². The lowest BCUT2D eigenvalue weighted by molar-refractivity contribution is 0.288. The Kier molecular flexibility index (Phi) is 5.87. The van der Waals surface area contributed by atoms with E-state index in [9.17, 15) is 4.21 Å². The van der Waals surface area contributed by atoms with Crippen molar-refractivity contribution in [2.24, 2.45) is 0 Å². The number of aliphatic hydroxyl groups is 1. The van der Waals surface area contributed by atoms with Crippen LogP contribution in [-0.2, 0) is 10.8 Å². The summed E-state index contributed by atoms with van der Waals surface area (Å²) >= 11 is 0. The minimum Gasteiger partial charge on any atom is -0.395 e. The van der Waals surface area contributed by atoms with E-state index in [1.165, 1.54) is 0 Å². The Morgan fingerprint density at radius 2 is 2.30 bits per heavy atom. The molecule has 0 saturated carbocycles. The van der Waals surface area contributed by atoms with Crippen LogP contribution >= 0.6 is 0 Å². The minimum absolute atomic E-state index is 0.140. The van der Waals surface area contributed by atoms with Gasteiger partial charge in [0, 0.05) is 35.4 Å². The van der Waals surface area contributed by atoms with Crippen molar-refractivity contribution in [1.29, 1.82) is 0 Å². The van der Waals surface area contributed by atoms with Crippen LogP contribution in [0.15, 0.2) is 0 Å². The first kappa shape index (κ1) is 10.1. The fourth-order valence-electron chi connectivity index (χ4n) is 0.722. The normalized spacial score (nSPS) is 16.7. The van der Waals surface area contributed by atoms with Gasteiger partial charge >= 0.3 is 0 Å². The first-order valence-corrected chi connectivity index (χ1v) is 5.03. The first-order chi connectivity index (χ1) is 4.66. The maximum atomic E-state index is 10.6. The quantitative estimate of drug-likeness (QED) is 0.568. The molecule has 0 aliphatic heterocycles. The van der Waals surface area contributed by atoms with E-state index in [0.29, 0.717) is 12.3 Å². The summed E-state index contributed by atoms with van der Waals surface area (Å²) in [6, 6.07) is 0.234. The lowest BCUT2D eigenvalue weighted by Crippen LogP contribution is -2.32. The molecule has 2 atom stereocenters. The van der Waals surface area contributed by atoms with Gasteiger partial charge in [0.25, 0.3) is 0 Å². The van der Waals surface area contributed by atoms with E-state index >= 15 is 0 Å². The largest absolute Gasteiger partial charge is 0.395 e. The molecule has 10 heavy (non-hydrogen) atoms. The standard InChI is InChI=1S/C6H15NO2S/c1-6(5-10(2)9)7-3-4-8/h6-8H,3-5H2,1-2H3. The van der Waals surface area contributed by atoms with E-state index in [-0.39, 0.29) is 12.6 Å². The summed E-state index contributed by atoms with van der Waals surface area (Å²) < 4.78 is 10.6. The molecule has 0 saturated heterocycles. The van der Waals surface area contributed by atoms with Crippen LogP contribution in [0.2, 0.25) is 0 Å². The Bertz CT molecular complexity index is 108. The van der Waals surface area contributed by atoms with Crippen molar-refractivity contribution in [1.82, 2.24) is 5.32 Å². The van der Waals surface area contributed by atoms with Gasteiger partial charge in [-0.25, -0.2) is 0 Å². The highest BCUT2D eigenvalue weighted by molar-refractivity contribution is 7.84. The molecule has 2 unspecified atom stereocenters. The molecule has 0 rings (SSSR count). The first-order valence-electron chi connectivity index (χ1n) is 3.31. The molecule has 3 nitrogen and oxygen atoms in total. The van der Waals surface area contributed by atoms with Gasteiger partial charge in [-0.1, -0.05) is 0 Å². The zero-order valence-electron chi connectivity index (χ0n) is 6.46. The van der Waals surface area contributed by atoms with Crippen molar-refractivity contribution in [2.45, 2.75) is 13.0 Å². The number of rotatable bonds is 5. The summed E-state index contributed by atoms with van der Waals surface area (Å²) in [5, 5.41) is 11.4. The summed E-state index contributed by atoms with van der Waals surface area (Å²) in [6.07, 6.45) is 1.68. The molecule has 0 amide bonds. The molecular formula is C6H15NO2S. The molecular weight excluding hydrogens is 150 g/mol. The highest BCUT2D eigenvalue weighted by atomic mass is 32.2. The molecule has 0 radical (unpaired) electrons. The molecule has 2 N–H and O–H groups in total. The fourth-order valence-corrected chi connectivity index (χ4v) is 1.54. The van der Waals surface area contributed by atoms with E-state index < -0.39 is 10.8 Å². The van der Waals surface area contributed by atoms with Crippen LogP contribution in [0.1, 0.15) is 6.92 Å². The van der Waals surface area contributed by atoms with Crippen molar-refractivity contribution in [3.63, 3.8) is 0 Å². The third-order valence-electron chi connectivity index (χ3n) is 1.09. The van der Waals surface area contributed by atoms with Gasteiger partial charge in [-0.05, 0) is 6.92 Å². The van der Waals surface area contributed by atoms with Crippen molar-refractivity contribution in [2.75, 3.05) is 25.2 Å². The highest BCUT2D eigenvalue weighted by Crippen LogP contribution is 1.83. The average Bonchev–Trinajstić information content (AvgIpc) is 1.82. The van der Waals surface area contributed by atoms with Crippen molar-refractivity contribution >= 4 is 10.8 Å². The van der Waals surface area contributed by atoms with Gasteiger partial charge in [0.2, 0.25) is 0 Å². The van der Waals surface area contributed by atoms with Crippen molar-refractivity contribution in [3.05, 3.63) is 0 Å². The van der Waals surface area contributed by atoms with E-state index in [1.54, 1.807) is 6.26 Å². The zero-order chi connectivity index (χ0) is 7.98. The Labute approximate surface area is 64.3 Å². The second kappa shape index (κ2) is 5.82. The number of aliphatic hydroxyl groups excluding tert-OH is 1. The monoisotopic (exact) mass is 165 g/mol. The van der Waals surface area contributed by atoms with Crippen LogP contribution in [0.4, 0.5) is 0 Å². The van der Waals surface area contributed by atoms with Crippen LogP contribution < -0.4 is 5.32 Å². The molecule has 0 spiro atoms. The smallest absolute Gasteiger partial charge is 0.0556 e. The molecule has 0 bridgehead atoms. The zero-order valence-corrected chi connectivity index (χ0v) is 7.28. The summed E-state index contributed by atoms with van der Waals surface area (Å²) in [6.45, 7) is 2.68. The molecule has 0 aromatic rings. The van der Waals surface area contributed by atoms with Gasteiger partial charge in [0.1, 0.15) is 0 Å². The molecule has 0 heterocycles. The Morgan fingerprint density at radius 1 is 1.70 bits per heavy atom.